The third kappa shape index (κ3) is 4.30. The van der Waals surface area contributed by atoms with Gasteiger partial charge in [0, 0.05) is 24.0 Å². The molecule has 0 spiro atoms. The Kier molecular flexibility index (Phi) is 5.57. The number of benzene rings is 1. The number of carbonyl (C=O) groups is 1. The summed E-state index contributed by atoms with van der Waals surface area (Å²) in [6, 6.07) is 7.60. The van der Waals surface area contributed by atoms with Gasteiger partial charge in [-0.25, -0.2) is 0 Å². The Labute approximate surface area is 128 Å². The lowest BCUT2D eigenvalue weighted by atomic mass is 10.0. The van der Waals surface area contributed by atoms with E-state index in [0.29, 0.717) is 12.3 Å². The lowest BCUT2D eigenvalue weighted by Crippen LogP contribution is -2.27. The van der Waals surface area contributed by atoms with E-state index in [-0.39, 0.29) is 12.0 Å². The molecule has 2 rings (SSSR count). The van der Waals surface area contributed by atoms with Crippen LogP contribution in [0, 0.1) is 5.92 Å². The van der Waals surface area contributed by atoms with Gasteiger partial charge in [0.25, 0.3) is 0 Å². The van der Waals surface area contributed by atoms with Crippen LogP contribution >= 0.6 is 15.9 Å². The standard InChI is InChI=1S/C15H21BrN2O2/c1-11(19)12-6-8-18(10-12)9-7-15(20)17-14-5-3-2-4-13(14)16/h2-5,11-12,19H,6-10H2,1H3,(H,17,20). The van der Waals surface area contributed by atoms with Crippen molar-refractivity contribution >= 4 is 27.5 Å². The first-order chi connectivity index (χ1) is 9.56. The van der Waals surface area contributed by atoms with E-state index >= 15 is 0 Å². The van der Waals surface area contributed by atoms with Crippen LogP contribution < -0.4 is 5.32 Å². The first-order valence-corrected chi connectivity index (χ1v) is 7.80. The maximum Gasteiger partial charge on any atom is 0.225 e. The molecule has 2 unspecified atom stereocenters. The third-order valence-corrected chi connectivity index (χ3v) is 4.49. The van der Waals surface area contributed by atoms with Gasteiger partial charge in [0.2, 0.25) is 5.91 Å². The Morgan fingerprint density at radius 2 is 2.30 bits per heavy atom. The molecular weight excluding hydrogens is 320 g/mol. The monoisotopic (exact) mass is 340 g/mol. The fourth-order valence-corrected chi connectivity index (χ4v) is 2.88. The summed E-state index contributed by atoms with van der Waals surface area (Å²) in [6.07, 6.45) is 1.24. The Hall–Kier alpha value is -0.910. The molecule has 2 atom stereocenters. The molecule has 2 N–H and O–H groups in total. The maximum absolute atomic E-state index is 11.9. The van der Waals surface area contributed by atoms with Crippen molar-refractivity contribution in [3.05, 3.63) is 28.7 Å². The summed E-state index contributed by atoms with van der Waals surface area (Å²) in [4.78, 5) is 14.2. The summed E-state index contributed by atoms with van der Waals surface area (Å²) in [6.45, 7) is 4.45. The van der Waals surface area contributed by atoms with Crippen LogP contribution in [0.3, 0.4) is 0 Å². The number of carbonyl (C=O) groups excluding carboxylic acids is 1. The van der Waals surface area contributed by atoms with E-state index in [1.807, 2.05) is 31.2 Å². The molecule has 0 saturated carbocycles. The SMILES string of the molecule is CC(O)C1CCN(CCC(=O)Nc2ccccc2Br)C1. The van der Waals surface area contributed by atoms with Gasteiger partial charge in [0.15, 0.2) is 0 Å². The molecule has 1 aliphatic heterocycles. The predicted octanol–water partition coefficient (Wildman–Crippen LogP) is 2.48. The number of aliphatic hydroxyl groups excluding tert-OH is 1. The molecule has 1 aromatic rings. The minimum atomic E-state index is -0.255. The second kappa shape index (κ2) is 7.20. The third-order valence-electron chi connectivity index (χ3n) is 3.79. The molecule has 0 aliphatic carbocycles. The van der Waals surface area contributed by atoms with Crippen molar-refractivity contribution in [1.82, 2.24) is 4.90 Å². The smallest absolute Gasteiger partial charge is 0.225 e. The van der Waals surface area contributed by atoms with E-state index in [2.05, 4.69) is 26.1 Å². The Morgan fingerprint density at radius 3 is 2.95 bits per heavy atom. The number of rotatable bonds is 5. The van der Waals surface area contributed by atoms with Crippen molar-refractivity contribution in [2.24, 2.45) is 5.92 Å². The molecule has 0 bridgehead atoms. The van der Waals surface area contributed by atoms with Gasteiger partial charge in [-0.1, -0.05) is 12.1 Å². The second-order valence-electron chi connectivity index (χ2n) is 5.37. The van der Waals surface area contributed by atoms with Gasteiger partial charge in [-0.3, -0.25) is 4.79 Å². The number of anilines is 1. The molecule has 20 heavy (non-hydrogen) atoms. The number of nitrogens with zero attached hydrogens (tertiary/aromatic N) is 1. The van der Waals surface area contributed by atoms with E-state index in [4.69, 9.17) is 0 Å². The van der Waals surface area contributed by atoms with E-state index in [0.717, 1.165) is 36.2 Å². The lowest BCUT2D eigenvalue weighted by Gasteiger charge is -2.17. The quantitative estimate of drug-likeness (QED) is 0.865. The van der Waals surface area contributed by atoms with E-state index in [1.165, 1.54) is 0 Å². The summed E-state index contributed by atoms with van der Waals surface area (Å²) in [7, 11) is 0. The fourth-order valence-electron chi connectivity index (χ4n) is 2.49. The van der Waals surface area contributed by atoms with Gasteiger partial charge < -0.3 is 15.3 Å². The van der Waals surface area contributed by atoms with Gasteiger partial charge in [0.05, 0.1) is 11.8 Å². The molecule has 1 fully saturated rings. The first-order valence-electron chi connectivity index (χ1n) is 7.01. The van der Waals surface area contributed by atoms with Crippen LogP contribution in [0.1, 0.15) is 19.8 Å². The number of amides is 1. The van der Waals surface area contributed by atoms with Gasteiger partial charge >= 0.3 is 0 Å². The molecule has 110 valence electrons. The topological polar surface area (TPSA) is 52.6 Å². The van der Waals surface area contributed by atoms with Crippen LogP contribution in [0.5, 0.6) is 0 Å². The lowest BCUT2D eigenvalue weighted by molar-refractivity contribution is -0.116. The highest BCUT2D eigenvalue weighted by Gasteiger charge is 2.25. The highest BCUT2D eigenvalue weighted by molar-refractivity contribution is 9.10. The molecule has 1 heterocycles. The zero-order chi connectivity index (χ0) is 14.5. The minimum Gasteiger partial charge on any atom is -0.393 e. The van der Waals surface area contributed by atoms with Crippen LogP contribution in [0.15, 0.2) is 28.7 Å². The number of aliphatic hydroxyl groups is 1. The summed E-state index contributed by atoms with van der Waals surface area (Å²) < 4.78 is 0.892. The predicted molar refractivity (Wildman–Crippen MR) is 83.6 cm³/mol. The van der Waals surface area contributed by atoms with Gasteiger partial charge in [-0.05, 0) is 53.9 Å². The van der Waals surface area contributed by atoms with E-state index < -0.39 is 0 Å². The maximum atomic E-state index is 11.9. The molecule has 0 radical (unpaired) electrons. The molecular formula is C15H21BrN2O2. The summed E-state index contributed by atoms with van der Waals surface area (Å²) in [5.74, 6) is 0.374. The van der Waals surface area contributed by atoms with E-state index in [1.54, 1.807) is 0 Å². The fraction of sp³-hybridized carbons (Fsp3) is 0.533. The number of para-hydroxylation sites is 1. The molecule has 1 amide bonds. The molecule has 1 aromatic carbocycles. The average Bonchev–Trinajstić information content (AvgIpc) is 2.88. The summed E-state index contributed by atoms with van der Waals surface area (Å²) in [5.41, 5.74) is 0.806. The molecule has 4 nitrogen and oxygen atoms in total. The zero-order valence-corrected chi connectivity index (χ0v) is 13.3. The van der Waals surface area contributed by atoms with Crippen molar-refractivity contribution in [1.29, 1.82) is 0 Å². The van der Waals surface area contributed by atoms with E-state index in [9.17, 15) is 9.90 Å². The number of hydrogen-bond donors (Lipinski definition) is 2. The Bertz CT molecular complexity index is 465. The number of hydrogen-bond acceptors (Lipinski definition) is 3. The Morgan fingerprint density at radius 1 is 1.55 bits per heavy atom. The number of nitrogens with one attached hydrogen (secondary N) is 1. The average molecular weight is 341 g/mol. The highest BCUT2D eigenvalue weighted by Crippen LogP contribution is 2.22. The summed E-state index contributed by atoms with van der Waals surface area (Å²) in [5, 5.41) is 12.5. The molecule has 0 aromatic heterocycles. The van der Waals surface area contributed by atoms with Crippen molar-refractivity contribution in [3.8, 4) is 0 Å². The number of halogens is 1. The minimum absolute atomic E-state index is 0.0254. The van der Waals surface area contributed by atoms with Crippen molar-refractivity contribution in [2.45, 2.75) is 25.9 Å². The molecule has 5 heteroatoms. The van der Waals surface area contributed by atoms with Crippen LogP contribution in [0.2, 0.25) is 0 Å². The Balaban J connectivity index is 1.75. The zero-order valence-electron chi connectivity index (χ0n) is 11.7. The van der Waals surface area contributed by atoms with Crippen LogP contribution in [0.25, 0.3) is 0 Å². The van der Waals surface area contributed by atoms with Crippen molar-refractivity contribution < 1.29 is 9.90 Å². The summed E-state index contributed by atoms with van der Waals surface area (Å²) >= 11 is 3.41. The van der Waals surface area contributed by atoms with Crippen LogP contribution in [0.4, 0.5) is 5.69 Å². The van der Waals surface area contributed by atoms with Crippen molar-refractivity contribution in [2.75, 3.05) is 25.0 Å². The normalized spacial score (nSPS) is 20.9. The second-order valence-corrected chi connectivity index (χ2v) is 6.22. The van der Waals surface area contributed by atoms with Crippen LogP contribution in [-0.4, -0.2) is 41.7 Å². The van der Waals surface area contributed by atoms with Gasteiger partial charge in [-0.15, -0.1) is 0 Å². The first kappa shape index (κ1) is 15.5. The van der Waals surface area contributed by atoms with Crippen molar-refractivity contribution in [3.63, 3.8) is 0 Å². The van der Waals surface area contributed by atoms with Gasteiger partial charge in [0.1, 0.15) is 0 Å². The number of likely N-dealkylation sites (tertiary alicyclic amines) is 1. The highest BCUT2D eigenvalue weighted by atomic mass is 79.9. The molecule has 1 aliphatic rings. The van der Waals surface area contributed by atoms with Crippen LogP contribution in [-0.2, 0) is 4.79 Å². The van der Waals surface area contributed by atoms with Gasteiger partial charge in [-0.2, -0.15) is 0 Å². The largest absolute Gasteiger partial charge is 0.393 e. The molecule has 1 saturated heterocycles.